The molecule has 2 aliphatic heterocycles. The smallest absolute Gasteiger partial charge is 0.161 e. The lowest BCUT2D eigenvalue weighted by Crippen LogP contribution is -2.52. The number of anilines is 1. The topological polar surface area (TPSA) is 58.4 Å². The van der Waals surface area contributed by atoms with Crippen molar-refractivity contribution in [3.63, 3.8) is 0 Å². The molecule has 19 heavy (non-hydrogen) atoms. The molecule has 1 aromatic heterocycles. The number of rotatable bonds is 1. The molecule has 0 radical (unpaired) electrons. The predicted octanol–water partition coefficient (Wildman–Crippen LogP) is 1.60. The summed E-state index contributed by atoms with van der Waals surface area (Å²) in [6.07, 6.45) is 0.905. The normalized spacial score (nSPS) is 26.6. The molecule has 2 fully saturated rings. The summed E-state index contributed by atoms with van der Waals surface area (Å²) >= 11 is 5.91. The maximum Gasteiger partial charge on any atom is 0.161 e. The average molecular weight is 280 g/mol. The predicted molar refractivity (Wildman–Crippen MR) is 70.3 cm³/mol. The van der Waals surface area contributed by atoms with E-state index in [-0.39, 0.29) is 11.3 Å². The lowest BCUT2D eigenvalue weighted by molar-refractivity contribution is -0.0581. The highest BCUT2D eigenvalue weighted by Gasteiger charge is 2.40. The first kappa shape index (κ1) is 12.7. The summed E-state index contributed by atoms with van der Waals surface area (Å²) in [5.74, 6) is 0.774. The van der Waals surface area contributed by atoms with E-state index in [0.29, 0.717) is 18.2 Å². The number of hydrogen-bond donors (Lipinski definition) is 0. The van der Waals surface area contributed by atoms with Crippen molar-refractivity contribution in [2.75, 3.05) is 37.8 Å². The molecular weight excluding hydrogens is 266 g/mol. The van der Waals surface area contributed by atoms with Crippen LogP contribution in [0.15, 0.2) is 12.1 Å². The first-order chi connectivity index (χ1) is 9.22. The van der Waals surface area contributed by atoms with Gasteiger partial charge in [0, 0.05) is 19.6 Å². The van der Waals surface area contributed by atoms with Crippen molar-refractivity contribution in [2.24, 2.45) is 0 Å². The van der Waals surface area contributed by atoms with Crippen LogP contribution in [0.3, 0.4) is 0 Å². The number of ether oxygens (including phenoxy) is 2. The Labute approximate surface area is 116 Å². The minimum Gasteiger partial charge on any atom is -0.378 e. The molecule has 3 rings (SSSR count). The number of aromatic nitrogens is 1. The Hall–Kier alpha value is -1.35. The summed E-state index contributed by atoms with van der Waals surface area (Å²) in [5, 5.41) is 9.37. The third-order valence-corrected chi connectivity index (χ3v) is 3.88. The van der Waals surface area contributed by atoms with Gasteiger partial charge in [0.1, 0.15) is 17.5 Å². The fraction of sp³-hybridized carbons (Fsp3) is 0.538. The van der Waals surface area contributed by atoms with Gasteiger partial charge in [0.05, 0.1) is 24.8 Å². The van der Waals surface area contributed by atoms with Gasteiger partial charge >= 0.3 is 0 Å². The molecule has 100 valence electrons. The van der Waals surface area contributed by atoms with Crippen LogP contribution < -0.4 is 4.90 Å². The van der Waals surface area contributed by atoms with Crippen LogP contribution in [0.4, 0.5) is 5.82 Å². The monoisotopic (exact) mass is 279 g/mol. The summed E-state index contributed by atoms with van der Waals surface area (Å²) in [5.41, 5.74) is 0.0502. The molecule has 0 saturated carbocycles. The van der Waals surface area contributed by atoms with Gasteiger partial charge in [0.25, 0.3) is 0 Å². The van der Waals surface area contributed by atoms with Crippen LogP contribution in [0.5, 0.6) is 0 Å². The maximum absolute atomic E-state index is 8.99. The Kier molecular flexibility index (Phi) is 3.31. The van der Waals surface area contributed by atoms with Gasteiger partial charge in [-0.1, -0.05) is 11.6 Å². The first-order valence-corrected chi connectivity index (χ1v) is 6.64. The minimum atomic E-state index is -0.216. The molecular formula is C13H14ClN3O2. The van der Waals surface area contributed by atoms with Crippen LogP contribution >= 0.6 is 11.6 Å². The van der Waals surface area contributed by atoms with Crippen molar-refractivity contribution < 1.29 is 9.47 Å². The SMILES string of the molecule is N#Cc1nc(N2CCOC3(CCOC3)C2)ccc1Cl. The third-order valence-electron chi connectivity index (χ3n) is 3.58. The van der Waals surface area contributed by atoms with Crippen molar-refractivity contribution in [3.05, 3.63) is 22.8 Å². The van der Waals surface area contributed by atoms with Crippen molar-refractivity contribution >= 4 is 17.4 Å². The molecule has 5 nitrogen and oxygen atoms in total. The molecule has 1 unspecified atom stereocenters. The number of nitriles is 1. The highest BCUT2D eigenvalue weighted by Crippen LogP contribution is 2.30. The van der Waals surface area contributed by atoms with Crippen molar-refractivity contribution in [2.45, 2.75) is 12.0 Å². The quantitative estimate of drug-likeness (QED) is 0.781. The summed E-state index contributed by atoms with van der Waals surface area (Å²) in [4.78, 5) is 6.44. The van der Waals surface area contributed by atoms with Crippen molar-refractivity contribution in [3.8, 4) is 6.07 Å². The van der Waals surface area contributed by atoms with E-state index in [1.807, 2.05) is 12.1 Å². The summed E-state index contributed by atoms with van der Waals surface area (Å²) in [6, 6.07) is 5.57. The van der Waals surface area contributed by atoms with Crippen molar-refractivity contribution in [1.29, 1.82) is 5.26 Å². The van der Waals surface area contributed by atoms with Gasteiger partial charge in [-0.15, -0.1) is 0 Å². The number of halogens is 1. The van der Waals surface area contributed by atoms with Crippen LogP contribution in [0.1, 0.15) is 12.1 Å². The van der Waals surface area contributed by atoms with Crippen LogP contribution in [-0.4, -0.2) is 43.5 Å². The lowest BCUT2D eigenvalue weighted by atomic mass is 10.0. The van der Waals surface area contributed by atoms with E-state index in [1.165, 1.54) is 0 Å². The van der Waals surface area contributed by atoms with Crippen LogP contribution in [-0.2, 0) is 9.47 Å². The molecule has 2 aliphatic rings. The maximum atomic E-state index is 8.99. The molecule has 6 heteroatoms. The number of pyridine rings is 1. The molecule has 2 saturated heterocycles. The molecule has 0 aromatic carbocycles. The van der Waals surface area contributed by atoms with E-state index in [0.717, 1.165) is 31.9 Å². The summed E-state index contributed by atoms with van der Waals surface area (Å²) < 4.78 is 11.3. The van der Waals surface area contributed by atoms with E-state index < -0.39 is 0 Å². The van der Waals surface area contributed by atoms with E-state index in [9.17, 15) is 0 Å². The second kappa shape index (κ2) is 4.97. The van der Waals surface area contributed by atoms with E-state index in [2.05, 4.69) is 9.88 Å². The second-order valence-electron chi connectivity index (χ2n) is 4.87. The standard InChI is InChI=1S/C13H14ClN3O2/c14-10-1-2-12(16-11(10)7-15)17-4-6-19-13(8-17)3-5-18-9-13/h1-2H,3-6,8-9H2. The van der Waals surface area contributed by atoms with Crippen molar-refractivity contribution in [1.82, 2.24) is 4.98 Å². The number of morpholine rings is 1. The molecule has 0 aliphatic carbocycles. The zero-order valence-electron chi connectivity index (χ0n) is 10.4. The number of hydrogen-bond acceptors (Lipinski definition) is 5. The molecule has 1 atom stereocenters. The van der Waals surface area contributed by atoms with E-state index in [4.69, 9.17) is 26.3 Å². The van der Waals surface area contributed by atoms with Gasteiger partial charge in [-0.2, -0.15) is 5.26 Å². The fourth-order valence-corrected chi connectivity index (χ4v) is 2.70. The largest absolute Gasteiger partial charge is 0.378 e. The summed E-state index contributed by atoms with van der Waals surface area (Å²) in [7, 11) is 0. The lowest BCUT2D eigenvalue weighted by Gasteiger charge is -2.40. The minimum absolute atomic E-state index is 0.216. The zero-order valence-corrected chi connectivity index (χ0v) is 11.2. The van der Waals surface area contributed by atoms with Gasteiger partial charge in [-0.3, -0.25) is 0 Å². The Morgan fingerprint density at radius 3 is 3.05 bits per heavy atom. The molecule has 1 spiro atoms. The van der Waals surface area contributed by atoms with Gasteiger partial charge in [0.2, 0.25) is 0 Å². The molecule has 0 N–H and O–H groups in total. The Morgan fingerprint density at radius 1 is 1.42 bits per heavy atom. The third kappa shape index (κ3) is 2.39. The van der Waals surface area contributed by atoms with Crippen LogP contribution in [0, 0.1) is 11.3 Å². The highest BCUT2D eigenvalue weighted by atomic mass is 35.5. The molecule has 0 bridgehead atoms. The number of nitrogens with zero attached hydrogens (tertiary/aromatic N) is 3. The highest BCUT2D eigenvalue weighted by molar-refractivity contribution is 6.31. The second-order valence-corrected chi connectivity index (χ2v) is 5.27. The molecule has 1 aromatic rings. The van der Waals surface area contributed by atoms with E-state index in [1.54, 1.807) is 6.07 Å². The Bertz CT molecular complexity index is 523. The van der Waals surface area contributed by atoms with E-state index >= 15 is 0 Å². The first-order valence-electron chi connectivity index (χ1n) is 6.26. The Balaban J connectivity index is 1.84. The van der Waals surface area contributed by atoms with Gasteiger partial charge in [-0.25, -0.2) is 4.98 Å². The Morgan fingerprint density at radius 2 is 2.32 bits per heavy atom. The molecule has 3 heterocycles. The van der Waals surface area contributed by atoms with Gasteiger partial charge in [-0.05, 0) is 12.1 Å². The van der Waals surface area contributed by atoms with Gasteiger partial charge in [0.15, 0.2) is 5.69 Å². The zero-order chi connectivity index (χ0) is 13.3. The fourth-order valence-electron chi connectivity index (χ4n) is 2.55. The summed E-state index contributed by atoms with van der Waals surface area (Å²) in [6.45, 7) is 3.52. The molecule has 0 amide bonds. The van der Waals surface area contributed by atoms with Gasteiger partial charge < -0.3 is 14.4 Å². The van der Waals surface area contributed by atoms with Crippen LogP contribution in [0.25, 0.3) is 0 Å². The average Bonchev–Trinajstić information content (AvgIpc) is 2.87. The van der Waals surface area contributed by atoms with Crippen LogP contribution in [0.2, 0.25) is 5.02 Å².